The van der Waals surface area contributed by atoms with Gasteiger partial charge in [0.2, 0.25) is 11.8 Å². The molecule has 51 heavy (non-hydrogen) atoms. The molecule has 270 valence electrons. The summed E-state index contributed by atoms with van der Waals surface area (Å²) in [6.45, 7) is 2.78. The van der Waals surface area contributed by atoms with E-state index in [4.69, 9.17) is 11.6 Å². The van der Waals surface area contributed by atoms with Gasteiger partial charge >= 0.3 is 0 Å². The third-order valence-electron chi connectivity index (χ3n) is 9.49. The molecule has 2 aromatic heterocycles. The zero-order valence-electron chi connectivity index (χ0n) is 28.9. The highest BCUT2D eigenvalue weighted by Crippen LogP contribution is 2.25. The summed E-state index contributed by atoms with van der Waals surface area (Å²) < 4.78 is 29.1. The summed E-state index contributed by atoms with van der Waals surface area (Å²) in [5.41, 5.74) is 2.73. The van der Waals surface area contributed by atoms with Gasteiger partial charge in [-0.25, -0.2) is 18.1 Å². The second kappa shape index (κ2) is 17.5. The van der Waals surface area contributed by atoms with Crippen LogP contribution in [-0.2, 0) is 49.4 Å². The number of hydrogen-bond acceptors (Lipinski definition) is 6. The molecule has 0 N–H and O–H groups in total. The minimum atomic E-state index is -0.558. The van der Waals surface area contributed by atoms with Gasteiger partial charge in [0.1, 0.15) is 11.6 Å². The summed E-state index contributed by atoms with van der Waals surface area (Å²) in [5, 5.41) is 8.98. The molecule has 2 aromatic carbocycles. The normalized spacial score (nSPS) is 15.3. The number of rotatable bonds is 8. The van der Waals surface area contributed by atoms with E-state index in [0.717, 1.165) is 56.3 Å². The fraction of sp³-hybridized carbons (Fsp3) is 0.421. The number of nitrogens with zero attached hydrogens (tertiary/aromatic N) is 6. The van der Waals surface area contributed by atoms with E-state index in [-0.39, 0.29) is 35.8 Å². The van der Waals surface area contributed by atoms with Crippen LogP contribution in [0.25, 0.3) is 0 Å². The molecule has 0 bridgehead atoms. The smallest absolute Gasteiger partial charge is 0.266 e. The van der Waals surface area contributed by atoms with Crippen LogP contribution >= 0.6 is 11.6 Å². The second-order valence-corrected chi connectivity index (χ2v) is 13.8. The number of likely N-dealkylation sites (tertiary alicyclic amines) is 2. The van der Waals surface area contributed by atoms with Gasteiger partial charge in [-0.15, -0.1) is 0 Å². The van der Waals surface area contributed by atoms with Crippen molar-refractivity contribution in [2.45, 2.75) is 51.4 Å². The highest BCUT2D eigenvalue weighted by Gasteiger charge is 2.25. The lowest BCUT2D eigenvalue weighted by Gasteiger charge is -2.32. The second-order valence-electron chi connectivity index (χ2n) is 13.4. The Morgan fingerprint density at radius 2 is 1.12 bits per heavy atom. The quantitative estimate of drug-likeness (QED) is 0.265. The van der Waals surface area contributed by atoms with Crippen molar-refractivity contribution in [1.29, 1.82) is 0 Å². The molecule has 4 aromatic rings. The predicted octanol–water partition coefficient (Wildman–Crippen LogP) is 4.54. The lowest BCUT2D eigenvalue weighted by atomic mass is 9.90. The molecule has 2 fully saturated rings. The number of piperidine rings is 2. The molecule has 0 radical (unpaired) electrons. The Labute approximate surface area is 300 Å². The first-order valence-electron chi connectivity index (χ1n) is 17.2. The molecule has 2 aliphatic rings. The van der Waals surface area contributed by atoms with E-state index in [1.807, 2.05) is 23.1 Å². The molecule has 0 aliphatic carbocycles. The molecule has 6 rings (SSSR count). The van der Waals surface area contributed by atoms with Crippen molar-refractivity contribution in [2.75, 3.05) is 26.2 Å². The molecule has 0 atom stereocenters. The van der Waals surface area contributed by atoms with Crippen molar-refractivity contribution in [3.8, 4) is 0 Å². The Morgan fingerprint density at radius 1 is 0.667 bits per heavy atom. The van der Waals surface area contributed by atoms with Gasteiger partial charge in [-0.1, -0.05) is 23.7 Å². The van der Waals surface area contributed by atoms with Crippen molar-refractivity contribution in [1.82, 2.24) is 29.4 Å². The standard InChI is InChI=1S/C19H22ClN3O2.C19H21F2N3O2/c1-22-18(24)6-5-17(21-22)13-19(25)23-9-7-14(8-10-23)11-15-3-2-4-16(20)12-15;1-23-18(25)3-2-17(22-23)12-19(26)24-6-4-13(5-7-24)8-14-9-15(20)11-16(21)10-14/h2-6,12,14H,7-11,13H2,1H3;2-3,9-11,13H,4-8,12H2,1H3. The monoisotopic (exact) mass is 720 g/mol. The number of hydrogen-bond donors (Lipinski definition) is 0. The van der Waals surface area contributed by atoms with Crippen LogP contribution in [0, 0.1) is 23.5 Å². The van der Waals surface area contributed by atoms with Crippen molar-refractivity contribution >= 4 is 23.4 Å². The van der Waals surface area contributed by atoms with E-state index < -0.39 is 11.6 Å². The molecule has 0 saturated carbocycles. The molecule has 4 heterocycles. The lowest BCUT2D eigenvalue weighted by Crippen LogP contribution is -2.40. The molecule has 13 heteroatoms. The summed E-state index contributed by atoms with van der Waals surface area (Å²) in [6.07, 6.45) is 5.61. The predicted molar refractivity (Wildman–Crippen MR) is 190 cm³/mol. The fourth-order valence-electron chi connectivity index (χ4n) is 6.66. The van der Waals surface area contributed by atoms with E-state index in [1.54, 1.807) is 31.1 Å². The molecule has 2 saturated heterocycles. The first kappa shape index (κ1) is 37.5. The number of amides is 2. The van der Waals surface area contributed by atoms with Crippen LogP contribution in [0.2, 0.25) is 5.02 Å². The zero-order chi connectivity index (χ0) is 36.5. The van der Waals surface area contributed by atoms with E-state index in [2.05, 4.69) is 16.3 Å². The van der Waals surface area contributed by atoms with Crippen molar-refractivity contribution in [3.05, 3.63) is 127 Å². The molecule has 2 aliphatic heterocycles. The highest BCUT2D eigenvalue weighted by molar-refractivity contribution is 6.30. The molecular formula is C38H43ClF2N6O4. The Balaban J connectivity index is 0.000000198. The van der Waals surface area contributed by atoms with Gasteiger partial charge in [-0.3, -0.25) is 19.2 Å². The third kappa shape index (κ3) is 11.1. The summed E-state index contributed by atoms with van der Waals surface area (Å²) in [7, 11) is 3.15. The van der Waals surface area contributed by atoms with Gasteiger partial charge < -0.3 is 9.80 Å². The van der Waals surface area contributed by atoms with E-state index in [1.165, 1.54) is 39.2 Å². The van der Waals surface area contributed by atoms with Gasteiger partial charge in [-0.05, 0) is 97.9 Å². The first-order chi connectivity index (χ1) is 24.4. The van der Waals surface area contributed by atoms with E-state index in [9.17, 15) is 28.0 Å². The number of carbonyl (C=O) groups excluding carboxylic acids is 2. The van der Waals surface area contributed by atoms with Crippen molar-refractivity contribution < 1.29 is 18.4 Å². The maximum atomic E-state index is 13.3. The maximum absolute atomic E-state index is 13.3. The molecule has 0 spiro atoms. The van der Waals surface area contributed by atoms with E-state index >= 15 is 0 Å². The van der Waals surface area contributed by atoms with E-state index in [0.29, 0.717) is 48.3 Å². The Hall–Kier alpha value is -4.71. The number of carbonyl (C=O) groups is 2. The van der Waals surface area contributed by atoms with Gasteiger partial charge in [0.15, 0.2) is 0 Å². The molecule has 2 amide bonds. The van der Waals surface area contributed by atoms with Gasteiger partial charge in [-0.2, -0.15) is 10.2 Å². The SMILES string of the molecule is Cn1nc(CC(=O)N2CCC(Cc3cc(F)cc(F)c3)CC2)ccc1=O.Cn1nc(CC(=O)N2CCC(Cc3cccc(Cl)c3)CC2)ccc1=O. The summed E-state index contributed by atoms with van der Waals surface area (Å²) in [4.78, 5) is 51.3. The summed E-state index contributed by atoms with van der Waals surface area (Å²) in [5.74, 6) is -0.178. The minimum absolute atomic E-state index is 0.0219. The third-order valence-corrected chi connectivity index (χ3v) is 9.73. The number of aromatic nitrogens is 4. The minimum Gasteiger partial charge on any atom is -0.342 e. The largest absolute Gasteiger partial charge is 0.342 e. The van der Waals surface area contributed by atoms with Gasteiger partial charge in [0.05, 0.1) is 24.2 Å². The van der Waals surface area contributed by atoms with Crippen LogP contribution in [0.3, 0.4) is 0 Å². The van der Waals surface area contributed by atoms with Gasteiger partial charge in [0, 0.05) is 63.5 Å². The topological polar surface area (TPSA) is 110 Å². The Kier molecular flexibility index (Phi) is 12.9. The van der Waals surface area contributed by atoms with Crippen LogP contribution in [0.15, 0.2) is 76.3 Å². The lowest BCUT2D eigenvalue weighted by molar-refractivity contribution is -0.132. The highest BCUT2D eigenvalue weighted by atomic mass is 35.5. The number of benzene rings is 2. The van der Waals surface area contributed by atoms with Crippen LogP contribution in [0.1, 0.15) is 48.2 Å². The fourth-order valence-corrected chi connectivity index (χ4v) is 6.87. The van der Waals surface area contributed by atoms with Crippen LogP contribution < -0.4 is 11.1 Å². The first-order valence-corrected chi connectivity index (χ1v) is 17.6. The Morgan fingerprint density at radius 3 is 1.55 bits per heavy atom. The van der Waals surface area contributed by atoms with Crippen LogP contribution in [0.5, 0.6) is 0 Å². The van der Waals surface area contributed by atoms with Crippen molar-refractivity contribution in [2.24, 2.45) is 25.9 Å². The molecule has 0 unspecified atom stereocenters. The van der Waals surface area contributed by atoms with Crippen molar-refractivity contribution in [3.63, 3.8) is 0 Å². The Bertz CT molecular complexity index is 1930. The average molecular weight is 721 g/mol. The summed E-state index contributed by atoms with van der Waals surface area (Å²) in [6, 6.07) is 17.7. The zero-order valence-corrected chi connectivity index (χ0v) is 29.7. The molecular weight excluding hydrogens is 678 g/mol. The van der Waals surface area contributed by atoms with Crippen LogP contribution in [-0.4, -0.2) is 67.4 Å². The summed E-state index contributed by atoms with van der Waals surface area (Å²) >= 11 is 6.05. The number of aryl methyl sites for hydroxylation is 2. The van der Waals surface area contributed by atoms with Gasteiger partial charge in [0.25, 0.3) is 11.1 Å². The number of halogens is 3. The maximum Gasteiger partial charge on any atom is 0.266 e. The van der Waals surface area contributed by atoms with Crippen LogP contribution in [0.4, 0.5) is 8.78 Å². The average Bonchev–Trinajstić information content (AvgIpc) is 3.08. The molecule has 10 nitrogen and oxygen atoms in total.